The van der Waals surface area contributed by atoms with Crippen LogP contribution in [0.3, 0.4) is 0 Å². The molecule has 1 aliphatic heterocycles. The Morgan fingerprint density at radius 2 is 1.96 bits per heavy atom. The van der Waals surface area contributed by atoms with Gasteiger partial charge in [0.05, 0.1) is 16.1 Å². The number of hydrogen-bond donors (Lipinski definition) is 1. The number of thiophene rings is 1. The van der Waals surface area contributed by atoms with Crippen LogP contribution in [0.2, 0.25) is 4.34 Å². The van der Waals surface area contributed by atoms with Gasteiger partial charge in [0.1, 0.15) is 5.82 Å². The van der Waals surface area contributed by atoms with E-state index in [9.17, 15) is 9.18 Å². The number of amides is 1. The number of carbonyl (C=O) groups is 1. The molecule has 0 aliphatic carbocycles. The average molecular weight is 382 g/mol. The molecule has 1 fully saturated rings. The molecule has 1 aromatic heterocycles. The summed E-state index contributed by atoms with van der Waals surface area (Å²) >= 11 is 7.58. The smallest absolute Gasteiger partial charge is 0.241 e. The second-order valence-corrected chi connectivity index (χ2v) is 7.96. The van der Waals surface area contributed by atoms with Gasteiger partial charge in [-0.1, -0.05) is 23.7 Å². The number of hydrogen-bond acceptors (Lipinski definition) is 4. The molecule has 7 heteroatoms. The molecule has 2 aromatic rings. The summed E-state index contributed by atoms with van der Waals surface area (Å²) < 4.78 is 14.5. The Balaban J connectivity index is 1.50. The number of rotatable bonds is 5. The second-order valence-electron chi connectivity index (χ2n) is 6.16. The van der Waals surface area contributed by atoms with E-state index < -0.39 is 5.82 Å². The highest BCUT2D eigenvalue weighted by Crippen LogP contribution is 2.23. The summed E-state index contributed by atoms with van der Waals surface area (Å²) in [7, 11) is 0. The Kier molecular flexibility index (Phi) is 6.06. The maximum Gasteiger partial charge on any atom is 0.241 e. The fraction of sp³-hybridized carbons (Fsp3) is 0.389. The molecule has 0 unspecified atom stereocenters. The molecule has 4 nitrogen and oxygen atoms in total. The van der Waals surface area contributed by atoms with Gasteiger partial charge in [0, 0.05) is 37.6 Å². The first-order chi connectivity index (χ1) is 12.0. The second kappa shape index (κ2) is 8.27. The lowest BCUT2D eigenvalue weighted by Gasteiger charge is -2.37. The van der Waals surface area contributed by atoms with Crippen molar-refractivity contribution in [2.24, 2.45) is 0 Å². The molecule has 1 atom stereocenters. The van der Waals surface area contributed by atoms with Crippen LogP contribution >= 0.6 is 22.9 Å². The normalized spacial score (nSPS) is 17.4. The highest BCUT2D eigenvalue weighted by Gasteiger charge is 2.26. The number of halogens is 2. The molecule has 1 N–H and O–H groups in total. The predicted octanol–water partition coefficient (Wildman–Crippen LogP) is 3.69. The number of piperazine rings is 1. The topological polar surface area (TPSA) is 35.6 Å². The van der Waals surface area contributed by atoms with Gasteiger partial charge in [-0.3, -0.25) is 14.6 Å². The van der Waals surface area contributed by atoms with Crippen LogP contribution in [0.15, 0.2) is 36.4 Å². The van der Waals surface area contributed by atoms with Gasteiger partial charge >= 0.3 is 0 Å². The Morgan fingerprint density at radius 1 is 1.24 bits per heavy atom. The van der Waals surface area contributed by atoms with Gasteiger partial charge in [-0.2, -0.15) is 0 Å². The number of nitrogens with zero attached hydrogens (tertiary/aromatic N) is 2. The Labute approximate surface area is 156 Å². The number of anilines is 1. The van der Waals surface area contributed by atoms with Crippen LogP contribution < -0.4 is 5.32 Å². The quantitative estimate of drug-likeness (QED) is 0.858. The van der Waals surface area contributed by atoms with Crippen molar-refractivity contribution in [3.63, 3.8) is 0 Å². The highest BCUT2D eigenvalue weighted by atomic mass is 35.5. The summed E-state index contributed by atoms with van der Waals surface area (Å²) in [6, 6.07) is 9.92. The van der Waals surface area contributed by atoms with Gasteiger partial charge in [0.25, 0.3) is 0 Å². The molecule has 1 aromatic carbocycles. The number of benzene rings is 1. The molecule has 1 saturated heterocycles. The molecule has 0 radical (unpaired) electrons. The van der Waals surface area contributed by atoms with Crippen LogP contribution in [0.4, 0.5) is 10.1 Å². The number of carbonyl (C=O) groups excluding carboxylic acids is 1. The molecule has 0 saturated carbocycles. The largest absolute Gasteiger partial charge is 0.322 e. The predicted molar refractivity (Wildman–Crippen MR) is 101 cm³/mol. The van der Waals surface area contributed by atoms with Crippen LogP contribution in [0.1, 0.15) is 11.8 Å². The van der Waals surface area contributed by atoms with Crippen molar-refractivity contribution in [2.45, 2.75) is 19.5 Å². The van der Waals surface area contributed by atoms with E-state index in [4.69, 9.17) is 11.6 Å². The summed E-state index contributed by atoms with van der Waals surface area (Å²) in [4.78, 5) is 18.1. The zero-order valence-electron chi connectivity index (χ0n) is 14.0. The van der Waals surface area contributed by atoms with Gasteiger partial charge in [0.2, 0.25) is 5.91 Å². The molecule has 1 amide bonds. The molecule has 134 valence electrons. The van der Waals surface area contributed by atoms with Crippen molar-refractivity contribution in [2.75, 3.05) is 31.5 Å². The fourth-order valence-electron chi connectivity index (χ4n) is 2.93. The van der Waals surface area contributed by atoms with Gasteiger partial charge < -0.3 is 5.32 Å². The number of para-hydroxylation sites is 1. The SMILES string of the molecule is C[C@@H](C(=O)Nc1ccccc1F)N1CCN(Cc2ccc(Cl)s2)CC1. The van der Waals surface area contributed by atoms with Crippen LogP contribution in [0.5, 0.6) is 0 Å². The fourth-order valence-corrected chi connectivity index (χ4v) is 4.06. The van der Waals surface area contributed by atoms with Crippen LogP contribution in [0.25, 0.3) is 0 Å². The molecular formula is C18H21ClFN3OS. The Bertz CT molecular complexity index is 731. The minimum Gasteiger partial charge on any atom is -0.322 e. The lowest BCUT2D eigenvalue weighted by atomic mass is 10.2. The maximum atomic E-state index is 13.7. The molecule has 0 spiro atoms. The molecule has 0 bridgehead atoms. The monoisotopic (exact) mass is 381 g/mol. The van der Waals surface area contributed by atoms with Crippen molar-refractivity contribution in [1.82, 2.24) is 9.80 Å². The molecule has 2 heterocycles. The minimum absolute atomic E-state index is 0.177. The third-order valence-corrected chi connectivity index (χ3v) is 5.69. The summed E-state index contributed by atoms with van der Waals surface area (Å²) in [6.45, 7) is 6.17. The molecule has 3 rings (SSSR count). The Morgan fingerprint density at radius 3 is 2.60 bits per heavy atom. The lowest BCUT2D eigenvalue weighted by Crippen LogP contribution is -2.52. The molecular weight excluding hydrogens is 361 g/mol. The van der Waals surface area contributed by atoms with Gasteiger partial charge in [-0.25, -0.2) is 4.39 Å². The summed E-state index contributed by atoms with van der Waals surface area (Å²) in [5.41, 5.74) is 0.229. The van der Waals surface area contributed by atoms with Crippen molar-refractivity contribution < 1.29 is 9.18 Å². The van der Waals surface area contributed by atoms with Crippen LogP contribution in [0, 0.1) is 5.82 Å². The van der Waals surface area contributed by atoms with Crippen LogP contribution in [-0.4, -0.2) is 47.9 Å². The average Bonchev–Trinajstić information content (AvgIpc) is 3.02. The third-order valence-electron chi connectivity index (χ3n) is 4.47. The van der Waals surface area contributed by atoms with Gasteiger partial charge in [-0.05, 0) is 31.2 Å². The zero-order valence-corrected chi connectivity index (χ0v) is 15.6. The molecule has 1 aliphatic rings. The van der Waals surface area contributed by atoms with E-state index in [1.807, 2.05) is 13.0 Å². The van der Waals surface area contributed by atoms with Crippen molar-refractivity contribution in [3.05, 3.63) is 51.4 Å². The summed E-state index contributed by atoms with van der Waals surface area (Å²) in [6.07, 6.45) is 0. The highest BCUT2D eigenvalue weighted by molar-refractivity contribution is 7.16. The van der Waals surface area contributed by atoms with E-state index in [-0.39, 0.29) is 17.6 Å². The Hall–Kier alpha value is -1.47. The van der Waals surface area contributed by atoms with Crippen molar-refractivity contribution >= 4 is 34.5 Å². The van der Waals surface area contributed by atoms with Crippen LogP contribution in [-0.2, 0) is 11.3 Å². The van der Waals surface area contributed by atoms with E-state index in [0.29, 0.717) is 0 Å². The standard InChI is InChI=1S/C18H21ClFN3OS/c1-13(18(24)21-16-5-3-2-4-15(16)20)23-10-8-22(9-11-23)12-14-6-7-17(19)25-14/h2-7,13H,8-12H2,1H3,(H,21,24)/t13-/m0/s1. The summed E-state index contributed by atoms with van der Waals surface area (Å²) in [5, 5.41) is 2.68. The van der Waals surface area contributed by atoms with E-state index in [1.165, 1.54) is 10.9 Å². The van der Waals surface area contributed by atoms with Crippen molar-refractivity contribution in [1.29, 1.82) is 0 Å². The first-order valence-corrected chi connectivity index (χ1v) is 9.48. The van der Waals surface area contributed by atoms with E-state index >= 15 is 0 Å². The lowest BCUT2D eigenvalue weighted by molar-refractivity contribution is -0.121. The first kappa shape index (κ1) is 18.3. The zero-order chi connectivity index (χ0) is 17.8. The van der Waals surface area contributed by atoms with E-state index in [0.717, 1.165) is 37.1 Å². The molecule has 25 heavy (non-hydrogen) atoms. The van der Waals surface area contributed by atoms with Crippen molar-refractivity contribution in [3.8, 4) is 0 Å². The van der Waals surface area contributed by atoms with Gasteiger partial charge in [0.15, 0.2) is 0 Å². The maximum absolute atomic E-state index is 13.7. The van der Waals surface area contributed by atoms with E-state index in [1.54, 1.807) is 29.5 Å². The van der Waals surface area contributed by atoms with E-state index in [2.05, 4.69) is 21.2 Å². The number of nitrogens with one attached hydrogen (secondary N) is 1. The minimum atomic E-state index is -0.414. The first-order valence-electron chi connectivity index (χ1n) is 8.29. The summed E-state index contributed by atoms with van der Waals surface area (Å²) in [5.74, 6) is -0.592. The third kappa shape index (κ3) is 4.79. The van der Waals surface area contributed by atoms with Gasteiger partial charge in [-0.15, -0.1) is 11.3 Å².